The lowest BCUT2D eigenvalue weighted by Crippen LogP contribution is -2.34. The number of hydrogen-bond acceptors (Lipinski definition) is 4. The van der Waals surface area contributed by atoms with Gasteiger partial charge in [0.25, 0.3) is 5.91 Å². The third kappa shape index (κ3) is 4.39. The van der Waals surface area contributed by atoms with Crippen LogP contribution in [0.2, 0.25) is 0 Å². The van der Waals surface area contributed by atoms with E-state index in [1.807, 2.05) is 19.9 Å². The molecule has 2 aromatic rings. The number of para-hydroxylation sites is 1. The van der Waals surface area contributed by atoms with Crippen molar-refractivity contribution in [1.29, 1.82) is 0 Å². The lowest BCUT2D eigenvalue weighted by molar-refractivity contribution is 0.0602. The topological polar surface area (TPSA) is 67.4 Å². The number of esters is 1. The van der Waals surface area contributed by atoms with Gasteiger partial charge in [0.15, 0.2) is 5.11 Å². The summed E-state index contributed by atoms with van der Waals surface area (Å²) in [6.45, 7) is 3.85. The number of amides is 1. The van der Waals surface area contributed by atoms with Crippen LogP contribution in [0.4, 0.5) is 5.69 Å². The van der Waals surface area contributed by atoms with Gasteiger partial charge in [0.05, 0.1) is 18.4 Å². The van der Waals surface area contributed by atoms with E-state index in [1.165, 1.54) is 7.11 Å². The molecule has 5 nitrogen and oxygen atoms in total. The highest BCUT2D eigenvalue weighted by molar-refractivity contribution is 7.80. The molecule has 0 saturated carbocycles. The maximum Gasteiger partial charge on any atom is 0.339 e. The van der Waals surface area contributed by atoms with Crippen LogP contribution in [0.15, 0.2) is 42.5 Å². The Kier molecular flexibility index (Phi) is 5.65. The molecule has 0 aliphatic carbocycles. The molecule has 6 heteroatoms. The molecule has 0 aromatic heterocycles. The molecule has 0 fully saturated rings. The number of benzene rings is 2. The predicted octanol–water partition coefficient (Wildman–Crippen LogP) is 3.22. The SMILES string of the molecule is COC(=O)c1ccccc1NC(=S)NC(=O)c1cc(C)cc(C)c1. The fourth-order valence-corrected chi connectivity index (χ4v) is 2.52. The Hall–Kier alpha value is -2.73. The minimum absolute atomic E-state index is 0.107. The first kappa shape index (κ1) is 17.6. The van der Waals surface area contributed by atoms with Gasteiger partial charge in [0.2, 0.25) is 0 Å². The predicted molar refractivity (Wildman–Crippen MR) is 97.4 cm³/mol. The summed E-state index contributed by atoms with van der Waals surface area (Å²) in [7, 11) is 1.30. The number of rotatable bonds is 3. The van der Waals surface area contributed by atoms with Crippen LogP contribution in [0.1, 0.15) is 31.8 Å². The third-order valence-corrected chi connectivity index (χ3v) is 3.50. The first-order chi connectivity index (χ1) is 11.4. The minimum Gasteiger partial charge on any atom is -0.465 e. The zero-order valence-corrected chi connectivity index (χ0v) is 14.5. The number of ether oxygens (including phenoxy) is 1. The molecular weight excluding hydrogens is 324 g/mol. The third-order valence-electron chi connectivity index (χ3n) is 3.29. The van der Waals surface area contributed by atoms with E-state index in [0.29, 0.717) is 16.8 Å². The molecule has 0 aliphatic rings. The van der Waals surface area contributed by atoms with E-state index < -0.39 is 5.97 Å². The molecule has 0 aliphatic heterocycles. The highest BCUT2D eigenvalue weighted by atomic mass is 32.1. The van der Waals surface area contributed by atoms with E-state index in [1.54, 1.807) is 36.4 Å². The van der Waals surface area contributed by atoms with Gasteiger partial charge in [-0.05, 0) is 50.3 Å². The second-order valence-corrected chi connectivity index (χ2v) is 5.73. The fourth-order valence-electron chi connectivity index (χ4n) is 2.31. The summed E-state index contributed by atoms with van der Waals surface area (Å²) in [4.78, 5) is 24.0. The van der Waals surface area contributed by atoms with Crippen molar-refractivity contribution in [2.24, 2.45) is 0 Å². The molecule has 0 radical (unpaired) electrons. The highest BCUT2D eigenvalue weighted by Gasteiger charge is 2.14. The molecule has 0 heterocycles. The Labute approximate surface area is 146 Å². The van der Waals surface area contributed by atoms with Crippen LogP contribution in [0, 0.1) is 13.8 Å². The fraction of sp³-hybridized carbons (Fsp3) is 0.167. The maximum absolute atomic E-state index is 12.3. The van der Waals surface area contributed by atoms with Crippen molar-refractivity contribution in [2.75, 3.05) is 12.4 Å². The molecule has 0 atom stereocenters. The van der Waals surface area contributed by atoms with Crippen molar-refractivity contribution in [1.82, 2.24) is 5.32 Å². The molecule has 2 N–H and O–H groups in total. The summed E-state index contributed by atoms with van der Waals surface area (Å²) in [5.41, 5.74) is 3.32. The van der Waals surface area contributed by atoms with Crippen molar-refractivity contribution >= 4 is 34.9 Å². The van der Waals surface area contributed by atoms with Crippen molar-refractivity contribution in [3.05, 3.63) is 64.7 Å². The zero-order chi connectivity index (χ0) is 17.7. The summed E-state index contributed by atoms with van der Waals surface area (Å²) in [6, 6.07) is 12.3. The number of anilines is 1. The Morgan fingerprint density at radius 1 is 1.04 bits per heavy atom. The van der Waals surface area contributed by atoms with E-state index in [4.69, 9.17) is 17.0 Å². The van der Waals surface area contributed by atoms with E-state index in [2.05, 4.69) is 10.6 Å². The molecule has 0 unspecified atom stereocenters. The zero-order valence-electron chi connectivity index (χ0n) is 13.7. The van der Waals surface area contributed by atoms with Gasteiger partial charge in [-0.2, -0.15) is 0 Å². The van der Waals surface area contributed by atoms with E-state index in [-0.39, 0.29) is 11.0 Å². The van der Waals surface area contributed by atoms with Gasteiger partial charge < -0.3 is 10.1 Å². The van der Waals surface area contributed by atoms with E-state index in [9.17, 15) is 9.59 Å². The second-order valence-electron chi connectivity index (χ2n) is 5.32. The van der Waals surface area contributed by atoms with Gasteiger partial charge in [-0.25, -0.2) is 4.79 Å². The van der Waals surface area contributed by atoms with Crippen LogP contribution in [-0.4, -0.2) is 24.1 Å². The maximum atomic E-state index is 12.3. The van der Waals surface area contributed by atoms with Crippen molar-refractivity contribution in [3.63, 3.8) is 0 Å². The van der Waals surface area contributed by atoms with Gasteiger partial charge in [0, 0.05) is 5.56 Å². The summed E-state index contributed by atoms with van der Waals surface area (Å²) in [5.74, 6) is -0.795. The molecular formula is C18H18N2O3S. The van der Waals surface area contributed by atoms with Gasteiger partial charge in [0.1, 0.15) is 0 Å². The molecule has 2 aromatic carbocycles. The number of carbonyl (C=O) groups is 2. The van der Waals surface area contributed by atoms with E-state index >= 15 is 0 Å². The Bertz CT molecular complexity index is 782. The molecule has 1 amide bonds. The number of carbonyl (C=O) groups excluding carboxylic acids is 2. The second kappa shape index (κ2) is 7.70. The lowest BCUT2D eigenvalue weighted by atomic mass is 10.1. The quantitative estimate of drug-likeness (QED) is 0.662. The number of thiocarbonyl (C=S) groups is 1. The van der Waals surface area contributed by atoms with Crippen LogP contribution in [0.5, 0.6) is 0 Å². The number of aryl methyl sites for hydroxylation is 2. The van der Waals surface area contributed by atoms with Gasteiger partial charge >= 0.3 is 5.97 Å². The summed E-state index contributed by atoms with van der Waals surface area (Å²) in [5, 5.41) is 5.57. The summed E-state index contributed by atoms with van der Waals surface area (Å²) < 4.78 is 4.73. The smallest absolute Gasteiger partial charge is 0.339 e. The monoisotopic (exact) mass is 342 g/mol. The first-order valence-electron chi connectivity index (χ1n) is 7.28. The normalized spacial score (nSPS) is 9.96. The van der Waals surface area contributed by atoms with E-state index in [0.717, 1.165) is 11.1 Å². The van der Waals surface area contributed by atoms with Gasteiger partial charge in [-0.3, -0.25) is 10.1 Å². The first-order valence-corrected chi connectivity index (χ1v) is 7.69. The van der Waals surface area contributed by atoms with Gasteiger partial charge in [-0.1, -0.05) is 29.3 Å². The van der Waals surface area contributed by atoms with Crippen LogP contribution < -0.4 is 10.6 Å². The molecule has 0 saturated heterocycles. The summed E-state index contributed by atoms with van der Waals surface area (Å²) in [6.07, 6.45) is 0. The molecule has 0 bridgehead atoms. The average Bonchev–Trinajstić information content (AvgIpc) is 2.53. The van der Waals surface area contributed by atoms with Crippen LogP contribution >= 0.6 is 12.2 Å². The van der Waals surface area contributed by atoms with Crippen molar-refractivity contribution < 1.29 is 14.3 Å². The van der Waals surface area contributed by atoms with Crippen molar-refractivity contribution in [3.8, 4) is 0 Å². The van der Waals surface area contributed by atoms with Crippen LogP contribution in [-0.2, 0) is 4.74 Å². The largest absolute Gasteiger partial charge is 0.465 e. The molecule has 124 valence electrons. The number of nitrogens with one attached hydrogen (secondary N) is 2. The van der Waals surface area contributed by atoms with Crippen molar-refractivity contribution in [2.45, 2.75) is 13.8 Å². The lowest BCUT2D eigenvalue weighted by Gasteiger charge is -2.13. The molecule has 2 rings (SSSR count). The Morgan fingerprint density at radius 3 is 2.29 bits per heavy atom. The van der Waals surface area contributed by atoms with Crippen LogP contribution in [0.25, 0.3) is 0 Å². The number of hydrogen-bond donors (Lipinski definition) is 2. The Morgan fingerprint density at radius 2 is 1.67 bits per heavy atom. The Balaban J connectivity index is 2.11. The number of methoxy groups -OCH3 is 1. The van der Waals surface area contributed by atoms with Gasteiger partial charge in [-0.15, -0.1) is 0 Å². The standard InChI is InChI=1S/C18H18N2O3S/c1-11-8-12(2)10-13(9-11)16(21)20-18(24)19-15-7-5-4-6-14(15)17(22)23-3/h4-10H,1-3H3,(H2,19,20,21,24). The minimum atomic E-state index is -0.485. The highest BCUT2D eigenvalue weighted by Crippen LogP contribution is 2.16. The average molecular weight is 342 g/mol. The summed E-state index contributed by atoms with van der Waals surface area (Å²) >= 11 is 5.17. The molecule has 0 spiro atoms. The molecule has 24 heavy (non-hydrogen) atoms. The van der Waals surface area contributed by atoms with Crippen LogP contribution in [0.3, 0.4) is 0 Å².